The maximum absolute atomic E-state index is 11.8. The zero-order valence-corrected chi connectivity index (χ0v) is 15.9. The predicted molar refractivity (Wildman–Crippen MR) is 98.7 cm³/mol. The number of hydrogen-bond donors (Lipinski definition) is 2. The summed E-state index contributed by atoms with van der Waals surface area (Å²) in [6, 6.07) is 4.04. The summed E-state index contributed by atoms with van der Waals surface area (Å²) >= 11 is 17.6. The largest absolute Gasteiger partial charge is 0.507 e. The van der Waals surface area contributed by atoms with Crippen molar-refractivity contribution in [2.75, 3.05) is 6.61 Å². The molecule has 10 heteroatoms. The number of halogens is 3. The number of aryl methyl sites for hydroxylation is 1. The molecule has 0 saturated carbocycles. The number of ether oxygens (including phenoxy) is 1. The summed E-state index contributed by atoms with van der Waals surface area (Å²) in [5, 5.41) is 14.2. The van der Waals surface area contributed by atoms with Crippen LogP contribution in [-0.2, 0) is 4.79 Å². The maximum atomic E-state index is 11.8. The number of nitrogens with one attached hydrogen (secondary N) is 1. The van der Waals surface area contributed by atoms with E-state index in [-0.39, 0.29) is 43.6 Å². The third-order valence-corrected chi connectivity index (χ3v) is 4.12. The first-order chi connectivity index (χ1) is 12.2. The Labute approximate surface area is 163 Å². The predicted octanol–water partition coefficient (Wildman–Crippen LogP) is 3.53. The van der Waals surface area contributed by atoms with E-state index < -0.39 is 18.1 Å². The van der Waals surface area contributed by atoms with E-state index in [1.165, 1.54) is 32.0 Å². The van der Waals surface area contributed by atoms with E-state index in [1.54, 1.807) is 0 Å². The van der Waals surface area contributed by atoms with Crippen LogP contribution in [0.25, 0.3) is 0 Å². The second-order valence-electron chi connectivity index (χ2n) is 5.12. The number of carbonyl (C=O) groups excluding carboxylic acids is 1. The minimum absolute atomic E-state index is 0.0668. The third-order valence-electron chi connectivity index (χ3n) is 3.10. The van der Waals surface area contributed by atoms with Crippen molar-refractivity contribution in [3.05, 3.63) is 55.0 Å². The second kappa shape index (κ2) is 8.44. The minimum Gasteiger partial charge on any atom is -0.507 e. The van der Waals surface area contributed by atoms with E-state index in [0.717, 1.165) is 0 Å². The van der Waals surface area contributed by atoms with Crippen molar-refractivity contribution in [2.24, 2.45) is 5.10 Å². The van der Waals surface area contributed by atoms with Crippen LogP contribution in [0.2, 0.25) is 15.1 Å². The lowest BCUT2D eigenvalue weighted by molar-refractivity contribution is -0.123. The normalized spacial score (nSPS) is 11.3. The van der Waals surface area contributed by atoms with Crippen LogP contribution in [-0.4, -0.2) is 23.3 Å². The fraction of sp³-hybridized carbons (Fsp3) is 0.188. The molecule has 0 saturated heterocycles. The van der Waals surface area contributed by atoms with Gasteiger partial charge in [-0.3, -0.25) is 4.79 Å². The number of hydrazone groups is 1. The fourth-order valence-corrected chi connectivity index (χ4v) is 2.51. The SMILES string of the molecule is C/C(=N/NC(=O)COc1cc(Cl)c(Cl)cc1Cl)c1c(O)cc(C)oc1=O. The van der Waals surface area contributed by atoms with E-state index in [2.05, 4.69) is 10.5 Å². The Hall–Kier alpha value is -2.22. The molecule has 0 unspecified atom stereocenters. The lowest BCUT2D eigenvalue weighted by atomic mass is 10.2. The van der Waals surface area contributed by atoms with Crippen molar-refractivity contribution in [1.29, 1.82) is 0 Å². The van der Waals surface area contributed by atoms with Crippen LogP contribution in [0.1, 0.15) is 18.2 Å². The molecule has 0 atom stereocenters. The zero-order valence-electron chi connectivity index (χ0n) is 13.6. The van der Waals surface area contributed by atoms with Crippen molar-refractivity contribution >= 4 is 46.4 Å². The van der Waals surface area contributed by atoms with Crippen molar-refractivity contribution in [3.8, 4) is 11.5 Å². The summed E-state index contributed by atoms with van der Waals surface area (Å²) in [6.07, 6.45) is 0. The highest BCUT2D eigenvalue weighted by Gasteiger charge is 2.14. The molecular formula is C16H13Cl3N2O5. The number of aromatic hydroxyl groups is 1. The number of benzene rings is 1. The van der Waals surface area contributed by atoms with E-state index in [1.807, 2.05) is 0 Å². The topological polar surface area (TPSA) is 101 Å². The van der Waals surface area contributed by atoms with Crippen LogP contribution in [0, 0.1) is 6.92 Å². The molecule has 26 heavy (non-hydrogen) atoms. The van der Waals surface area contributed by atoms with Crippen LogP contribution in [0.15, 0.2) is 32.5 Å². The summed E-state index contributed by atoms with van der Waals surface area (Å²) in [6.45, 7) is 2.53. The summed E-state index contributed by atoms with van der Waals surface area (Å²) in [4.78, 5) is 23.6. The van der Waals surface area contributed by atoms with Crippen molar-refractivity contribution in [2.45, 2.75) is 13.8 Å². The Morgan fingerprint density at radius 3 is 2.54 bits per heavy atom. The van der Waals surface area contributed by atoms with E-state index in [9.17, 15) is 14.7 Å². The first kappa shape index (κ1) is 20.1. The van der Waals surface area contributed by atoms with Gasteiger partial charge in [-0.25, -0.2) is 10.2 Å². The molecular weight excluding hydrogens is 407 g/mol. The average Bonchev–Trinajstić information content (AvgIpc) is 2.54. The van der Waals surface area contributed by atoms with Gasteiger partial charge in [0.1, 0.15) is 22.8 Å². The molecule has 0 bridgehead atoms. The second-order valence-corrected chi connectivity index (χ2v) is 6.34. The van der Waals surface area contributed by atoms with Gasteiger partial charge in [-0.15, -0.1) is 0 Å². The quantitative estimate of drug-likeness (QED) is 0.438. The van der Waals surface area contributed by atoms with Gasteiger partial charge in [0.25, 0.3) is 5.91 Å². The molecule has 1 amide bonds. The molecule has 0 aliphatic heterocycles. The monoisotopic (exact) mass is 418 g/mol. The van der Waals surface area contributed by atoms with Gasteiger partial charge < -0.3 is 14.3 Å². The van der Waals surface area contributed by atoms with Gasteiger partial charge in [-0.05, 0) is 19.9 Å². The van der Waals surface area contributed by atoms with Crippen LogP contribution in [0.3, 0.4) is 0 Å². The number of carbonyl (C=O) groups is 1. The molecule has 1 heterocycles. The van der Waals surface area contributed by atoms with Crippen molar-refractivity contribution in [1.82, 2.24) is 5.43 Å². The van der Waals surface area contributed by atoms with Gasteiger partial charge in [0.15, 0.2) is 6.61 Å². The molecule has 7 nitrogen and oxygen atoms in total. The molecule has 138 valence electrons. The summed E-state index contributed by atoms with van der Waals surface area (Å²) in [7, 11) is 0. The molecule has 2 N–H and O–H groups in total. The van der Waals surface area contributed by atoms with Gasteiger partial charge in [-0.2, -0.15) is 5.10 Å². The first-order valence-corrected chi connectivity index (χ1v) is 8.27. The lowest BCUT2D eigenvalue weighted by Crippen LogP contribution is -2.26. The van der Waals surface area contributed by atoms with Gasteiger partial charge in [0, 0.05) is 12.1 Å². The van der Waals surface area contributed by atoms with E-state index in [0.29, 0.717) is 0 Å². The Kier molecular flexibility index (Phi) is 6.52. The Morgan fingerprint density at radius 1 is 1.23 bits per heavy atom. The fourth-order valence-electron chi connectivity index (χ4n) is 1.92. The van der Waals surface area contributed by atoms with Crippen LogP contribution in [0.4, 0.5) is 0 Å². The van der Waals surface area contributed by atoms with Gasteiger partial charge in [0.2, 0.25) is 0 Å². The van der Waals surface area contributed by atoms with Crippen LogP contribution in [0.5, 0.6) is 11.5 Å². The average molecular weight is 420 g/mol. The number of hydrogen-bond acceptors (Lipinski definition) is 6. The van der Waals surface area contributed by atoms with Gasteiger partial charge >= 0.3 is 5.63 Å². The third kappa shape index (κ3) is 4.91. The maximum Gasteiger partial charge on any atom is 0.348 e. The van der Waals surface area contributed by atoms with E-state index in [4.69, 9.17) is 44.0 Å². The van der Waals surface area contributed by atoms with E-state index >= 15 is 0 Å². The Morgan fingerprint density at radius 2 is 1.88 bits per heavy atom. The molecule has 1 aromatic heterocycles. The van der Waals surface area contributed by atoms with Crippen LogP contribution < -0.4 is 15.8 Å². The molecule has 0 aliphatic carbocycles. The molecule has 2 aromatic rings. The summed E-state index contributed by atoms with van der Waals surface area (Å²) in [5.41, 5.74) is 1.35. The smallest absolute Gasteiger partial charge is 0.348 e. The highest BCUT2D eigenvalue weighted by molar-refractivity contribution is 6.43. The number of nitrogens with zero attached hydrogens (tertiary/aromatic N) is 1. The highest BCUT2D eigenvalue weighted by Crippen LogP contribution is 2.33. The van der Waals surface area contributed by atoms with Crippen molar-refractivity contribution < 1.29 is 19.1 Å². The number of amides is 1. The minimum atomic E-state index is -0.767. The van der Waals surface area contributed by atoms with Crippen molar-refractivity contribution in [3.63, 3.8) is 0 Å². The van der Waals surface area contributed by atoms with Crippen LogP contribution >= 0.6 is 34.8 Å². The number of rotatable bonds is 5. The molecule has 0 fully saturated rings. The molecule has 0 radical (unpaired) electrons. The van der Waals surface area contributed by atoms with Gasteiger partial charge in [-0.1, -0.05) is 34.8 Å². The molecule has 1 aromatic carbocycles. The Bertz CT molecular complexity index is 940. The highest BCUT2D eigenvalue weighted by atomic mass is 35.5. The molecule has 0 aliphatic rings. The lowest BCUT2D eigenvalue weighted by Gasteiger charge is -2.09. The summed E-state index contributed by atoms with van der Waals surface area (Å²) in [5.74, 6) is -0.496. The molecule has 2 rings (SSSR count). The Balaban J connectivity index is 2.04. The zero-order chi connectivity index (χ0) is 19.4. The molecule has 0 spiro atoms. The summed E-state index contributed by atoms with van der Waals surface area (Å²) < 4.78 is 10.1. The standard InChI is InChI=1S/C16H13Cl3N2O5/c1-7-3-12(22)15(16(24)26-7)8(2)20-21-14(23)6-25-13-5-10(18)9(17)4-11(13)19/h3-5,22H,6H2,1-2H3,(H,21,23)/b20-8-. The van der Waals surface area contributed by atoms with Gasteiger partial charge in [0.05, 0.1) is 20.8 Å². The first-order valence-electron chi connectivity index (χ1n) is 7.13.